The molecule has 0 amide bonds. The summed E-state index contributed by atoms with van der Waals surface area (Å²) >= 11 is 0. The van der Waals surface area contributed by atoms with E-state index in [2.05, 4.69) is 11.2 Å². The number of rotatable bonds is 2. The Balaban J connectivity index is 0.00000208. The highest BCUT2D eigenvalue weighted by Gasteiger charge is 2.33. The molecule has 2 aliphatic rings. The lowest BCUT2D eigenvalue weighted by molar-refractivity contribution is 0.0409. The summed E-state index contributed by atoms with van der Waals surface area (Å²) in [5, 5.41) is 15.7. The fourth-order valence-corrected chi connectivity index (χ4v) is 2.56. The molecular formula is C17H19ClN4O2. The third kappa shape index (κ3) is 3.09. The highest BCUT2D eigenvalue weighted by Crippen LogP contribution is 2.33. The Morgan fingerprint density at radius 3 is 2.58 bits per heavy atom. The van der Waals surface area contributed by atoms with Gasteiger partial charge in [0, 0.05) is 5.57 Å². The number of halogens is 1. The number of allylic oxidation sites excluding steroid dienone is 1. The second-order valence-electron chi connectivity index (χ2n) is 5.88. The van der Waals surface area contributed by atoms with Gasteiger partial charge in [-0.05, 0) is 44.2 Å². The number of ether oxygens (including phenoxy) is 2. The van der Waals surface area contributed by atoms with Crippen LogP contribution in [0.15, 0.2) is 52.4 Å². The molecule has 126 valence electrons. The predicted octanol–water partition coefficient (Wildman–Crippen LogP) is 2.72. The Hall–Kier alpha value is -2.49. The molecule has 0 bridgehead atoms. The van der Waals surface area contributed by atoms with Gasteiger partial charge in [-0.25, -0.2) is 5.01 Å². The summed E-state index contributed by atoms with van der Waals surface area (Å²) in [5.41, 5.74) is 8.38. The molecule has 0 aliphatic carbocycles. The summed E-state index contributed by atoms with van der Waals surface area (Å²) < 4.78 is 10.9. The summed E-state index contributed by atoms with van der Waals surface area (Å²) in [6.07, 6.45) is 1.89. The fraction of sp³-hybridized carbons (Fsp3) is 0.294. The SMILES string of the molecule is COc1ccc(N2N=C3COC(C)(C)C=C3C(C#N)=C2N)cc1.Cl. The molecule has 0 fully saturated rings. The van der Waals surface area contributed by atoms with Crippen LogP contribution in [0, 0.1) is 11.3 Å². The van der Waals surface area contributed by atoms with Crippen LogP contribution >= 0.6 is 12.4 Å². The second kappa shape index (κ2) is 6.56. The molecule has 2 aliphatic heterocycles. The van der Waals surface area contributed by atoms with Crippen molar-refractivity contribution < 1.29 is 9.47 Å². The number of fused-ring (bicyclic) bond motifs is 1. The first-order valence-corrected chi connectivity index (χ1v) is 7.24. The van der Waals surface area contributed by atoms with E-state index >= 15 is 0 Å². The zero-order valence-electron chi connectivity index (χ0n) is 13.7. The van der Waals surface area contributed by atoms with E-state index < -0.39 is 5.60 Å². The highest BCUT2D eigenvalue weighted by molar-refractivity contribution is 6.08. The van der Waals surface area contributed by atoms with Crippen molar-refractivity contribution in [3.63, 3.8) is 0 Å². The maximum Gasteiger partial charge on any atom is 0.144 e. The lowest BCUT2D eigenvalue weighted by atomic mass is 9.92. The molecule has 2 N–H and O–H groups in total. The molecule has 0 saturated heterocycles. The van der Waals surface area contributed by atoms with Gasteiger partial charge in [-0.15, -0.1) is 12.4 Å². The Bertz CT molecular complexity index is 773. The summed E-state index contributed by atoms with van der Waals surface area (Å²) in [4.78, 5) is 0. The van der Waals surface area contributed by atoms with Gasteiger partial charge in [0.1, 0.15) is 23.2 Å². The van der Waals surface area contributed by atoms with Crippen LogP contribution in [-0.4, -0.2) is 25.0 Å². The predicted molar refractivity (Wildman–Crippen MR) is 95.1 cm³/mol. The molecule has 3 rings (SSSR count). The number of nitriles is 1. The minimum atomic E-state index is -0.445. The summed E-state index contributed by atoms with van der Waals surface area (Å²) in [7, 11) is 1.61. The van der Waals surface area contributed by atoms with Crippen molar-refractivity contribution in [2.24, 2.45) is 10.8 Å². The number of hydrogen-bond acceptors (Lipinski definition) is 6. The molecular weight excluding hydrogens is 328 g/mol. The van der Waals surface area contributed by atoms with Gasteiger partial charge in [-0.2, -0.15) is 10.4 Å². The van der Waals surface area contributed by atoms with Crippen LogP contribution in [0.25, 0.3) is 0 Å². The maximum atomic E-state index is 9.55. The average Bonchev–Trinajstić information content (AvgIpc) is 2.54. The van der Waals surface area contributed by atoms with Gasteiger partial charge in [-0.3, -0.25) is 0 Å². The van der Waals surface area contributed by atoms with Crippen molar-refractivity contribution in [1.82, 2.24) is 0 Å². The summed E-state index contributed by atoms with van der Waals surface area (Å²) in [6, 6.07) is 9.52. The number of hydrazone groups is 1. The standard InChI is InChI=1S/C17H18N4O2.ClH/c1-17(2)8-13-14(9-18)16(19)21(20-15(13)10-23-17)11-4-6-12(22-3)7-5-11;/h4-8H,10,19H2,1-3H3;1H. The van der Waals surface area contributed by atoms with Crippen LogP contribution in [0.2, 0.25) is 0 Å². The van der Waals surface area contributed by atoms with Crippen LogP contribution in [0.5, 0.6) is 5.75 Å². The van der Waals surface area contributed by atoms with Crippen molar-refractivity contribution in [2.45, 2.75) is 19.4 Å². The van der Waals surface area contributed by atoms with Crippen molar-refractivity contribution in [3.8, 4) is 11.8 Å². The number of nitrogens with two attached hydrogens (primary N) is 1. The van der Waals surface area contributed by atoms with E-state index in [1.165, 1.54) is 0 Å². The van der Waals surface area contributed by atoms with Crippen molar-refractivity contribution in [3.05, 3.63) is 47.3 Å². The molecule has 2 heterocycles. The average molecular weight is 347 g/mol. The van der Waals surface area contributed by atoms with E-state index in [0.717, 1.165) is 17.0 Å². The van der Waals surface area contributed by atoms with Crippen LogP contribution in [0.3, 0.4) is 0 Å². The molecule has 0 atom stereocenters. The minimum absolute atomic E-state index is 0. The molecule has 0 spiro atoms. The summed E-state index contributed by atoms with van der Waals surface area (Å²) in [5.74, 6) is 1.05. The van der Waals surface area contributed by atoms with Crippen LogP contribution in [0.1, 0.15) is 13.8 Å². The van der Waals surface area contributed by atoms with Crippen LogP contribution in [0.4, 0.5) is 5.69 Å². The molecule has 0 radical (unpaired) electrons. The number of benzene rings is 1. The van der Waals surface area contributed by atoms with Gasteiger partial charge in [0.15, 0.2) is 0 Å². The van der Waals surface area contributed by atoms with E-state index in [1.54, 1.807) is 12.1 Å². The quantitative estimate of drug-likeness (QED) is 0.890. The molecule has 0 aromatic heterocycles. The highest BCUT2D eigenvalue weighted by atomic mass is 35.5. The Morgan fingerprint density at radius 2 is 2.00 bits per heavy atom. The second-order valence-corrected chi connectivity index (χ2v) is 5.88. The third-order valence-electron chi connectivity index (χ3n) is 3.79. The third-order valence-corrected chi connectivity index (χ3v) is 3.79. The van der Waals surface area contributed by atoms with E-state index in [9.17, 15) is 5.26 Å². The fourth-order valence-electron chi connectivity index (χ4n) is 2.56. The van der Waals surface area contributed by atoms with E-state index in [4.69, 9.17) is 15.2 Å². The van der Waals surface area contributed by atoms with E-state index in [1.807, 2.05) is 44.2 Å². The first-order chi connectivity index (χ1) is 10.9. The molecule has 0 unspecified atom stereocenters. The van der Waals surface area contributed by atoms with Crippen molar-refractivity contribution >= 4 is 23.8 Å². The number of hydrogen-bond donors (Lipinski definition) is 1. The molecule has 1 aromatic carbocycles. The van der Waals surface area contributed by atoms with Gasteiger partial charge < -0.3 is 15.2 Å². The number of nitrogens with zero attached hydrogens (tertiary/aromatic N) is 3. The van der Waals surface area contributed by atoms with Gasteiger partial charge in [0.05, 0.1) is 30.7 Å². The zero-order valence-corrected chi connectivity index (χ0v) is 14.6. The van der Waals surface area contributed by atoms with Gasteiger partial charge in [-0.1, -0.05) is 0 Å². The maximum absolute atomic E-state index is 9.55. The minimum Gasteiger partial charge on any atom is -0.497 e. The van der Waals surface area contributed by atoms with Gasteiger partial charge in [0.2, 0.25) is 0 Å². The Morgan fingerprint density at radius 1 is 1.33 bits per heavy atom. The van der Waals surface area contributed by atoms with Crippen LogP contribution < -0.4 is 15.5 Å². The lowest BCUT2D eigenvalue weighted by Crippen LogP contribution is -2.39. The van der Waals surface area contributed by atoms with Gasteiger partial charge >= 0.3 is 0 Å². The Labute approximate surface area is 147 Å². The molecule has 6 nitrogen and oxygen atoms in total. The first kappa shape index (κ1) is 17.9. The molecule has 24 heavy (non-hydrogen) atoms. The van der Waals surface area contributed by atoms with E-state index in [0.29, 0.717) is 23.7 Å². The van der Waals surface area contributed by atoms with Crippen molar-refractivity contribution in [1.29, 1.82) is 5.26 Å². The molecule has 7 heteroatoms. The largest absolute Gasteiger partial charge is 0.497 e. The molecule has 0 saturated carbocycles. The lowest BCUT2D eigenvalue weighted by Gasteiger charge is -2.34. The smallest absolute Gasteiger partial charge is 0.144 e. The number of anilines is 1. The van der Waals surface area contributed by atoms with E-state index in [-0.39, 0.29) is 12.4 Å². The first-order valence-electron chi connectivity index (χ1n) is 7.24. The topological polar surface area (TPSA) is 83.9 Å². The van der Waals surface area contributed by atoms with Gasteiger partial charge in [0.25, 0.3) is 0 Å². The van der Waals surface area contributed by atoms with Crippen molar-refractivity contribution in [2.75, 3.05) is 18.7 Å². The monoisotopic (exact) mass is 346 g/mol. The normalized spacial score (nSPS) is 18.7. The number of methoxy groups -OCH3 is 1. The zero-order chi connectivity index (χ0) is 16.6. The summed E-state index contributed by atoms with van der Waals surface area (Å²) in [6.45, 7) is 4.22. The van der Waals surface area contributed by atoms with Crippen LogP contribution in [-0.2, 0) is 4.74 Å². The Kier molecular flexibility index (Phi) is 4.88. The molecule has 1 aromatic rings.